The number of hydrogen-bond donors (Lipinski definition) is 1. The van der Waals surface area contributed by atoms with Gasteiger partial charge in [-0.1, -0.05) is 45.2 Å². The van der Waals surface area contributed by atoms with E-state index in [1.165, 1.54) is 0 Å². The summed E-state index contributed by atoms with van der Waals surface area (Å²) in [6.07, 6.45) is 14.1. The van der Waals surface area contributed by atoms with Gasteiger partial charge in [-0.25, -0.2) is 4.79 Å². The van der Waals surface area contributed by atoms with Crippen LogP contribution in [0, 0.1) is 34.5 Å². The minimum atomic E-state index is -0.745. The lowest BCUT2D eigenvalue weighted by atomic mass is 9.43. The Labute approximate surface area is 290 Å². The smallest absolute Gasteiger partial charge is 0.331 e. The van der Waals surface area contributed by atoms with E-state index in [0.29, 0.717) is 37.2 Å². The molecule has 1 N–H and O–H groups in total. The number of esters is 2. The zero-order chi connectivity index (χ0) is 34.4. The normalized spacial score (nSPS) is 39.2. The Morgan fingerprint density at radius 2 is 1.69 bits per heavy atom. The lowest BCUT2D eigenvalue weighted by molar-refractivity contribution is -0.319. The fourth-order valence-electron chi connectivity index (χ4n) is 11.5. The summed E-state index contributed by atoms with van der Waals surface area (Å²) in [5.41, 5.74) is 1.62. The molecule has 1 spiro atoms. The van der Waals surface area contributed by atoms with E-state index in [9.17, 15) is 14.4 Å². The van der Waals surface area contributed by atoms with E-state index in [0.717, 1.165) is 93.9 Å². The van der Waals surface area contributed by atoms with E-state index in [-0.39, 0.29) is 52.9 Å². The third-order valence-electron chi connectivity index (χ3n) is 13.9. The molecule has 9 heteroatoms. The van der Waals surface area contributed by atoms with Gasteiger partial charge >= 0.3 is 17.9 Å². The first kappa shape index (κ1) is 34.5. The summed E-state index contributed by atoms with van der Waals surface area (Å²) in [6, 6.07) is 8.01. The standard InChI is InChI=1S/C40H54O9/c1-38-19-17-29(47-34(43)10-8-6-4-5-7-9-33(41)42)22-27(38)13-16-31-30(38)18-20-39(2)36(26-21-35(44)46-24-26)32-23-40(31,39)49-37(48-32)25-11-14-28(45-3)15-12-25/h11-12,14-15,21,27,29-32,36-37H,4-10,13,16-20,22-24H2,1-3H3,(H,41,42)/t27-,29+,30+,31-,32+,36+,37?,38+,39-,40+/m1/s1. The molecule has 268 valence electrons. The lowest BCUT2D eigenvalue weighted by Gasteiger charge is -2.65. The van der Waals surface area contributed by atoms with Crippen molar-refractivity contribution in [3.63, 3.8) is 0 Å². The lowest BCUT2D eigenvalue weighted by Crippen LogP contribution is -2.63. The minimum absolute atomic E-state index is 0.0180. The number of hydrogen-bond acceptors (Lipinski definition) is 8. The maximum Gasteiger partial charge on any atom is 0.331 e. The fourth-order valence-corrected chi connectivity index (χ4v) is 11.5. The van der Waals surface area contributed by atoms with Crippen LogP contribution in [0.15, 0.2) is 35.9 Å². The summed E-state index contributed by atoms with van der Waals surface area (Å²) in [6.45, 7) is 5.24. The number of aliphatic carboxylic acids is 1. The average Bonchev–Trinajstić information content (AvgIpc) is 3.58. The van der Waals surface area contributed by atoms with Crippen molar-refractivity contribution in [1.29, 1.82) is 0 Å². The Bertz CT molecular complexity index is 1440. The van der Waals surface area contributed by atoms with Gasteiger partial charge in [-0.05, 0) is 98.7 Å². The molecular formula is C40H54O9. The molecule has 0 aromatic heterocycles. The van der Waals surface area contributed by atoms with Crippen molar-refractivity contribution in [3.05, 3.63) is 41.5 Å². The quantitative estimate of drug-likeness (QED) is 0.175. The fraction of sp³-hybridized carbons (Fsp3) is 0.725. The predicted octanol–water partition coefficient (Wildman–Crippen LogP) is 7.71. The van der Waals surface area contributed by atoms with Crippen LogP contribution in [0.2, 0.25) is 0 Å². The summed E-state index contributed by atoms with van der Waals surface area (Å²) < 4.78 is 31.2. The van der Waals surface area contributed by atoms with Crippen molar-refractivity contribution in [2.75, 3.05) is 13.7 Å². The molecule has 2 aliphatic heterocycles. The molecule has 4 saturated carbocycles. The number of methoxy groups -OCH3 is 1. The molecule has 10 atom stereocenters. The van der Waals surface area contributed by atoms with Gasteiger partial charge in [-0.15, -0.1) is 0 Å². The van der Waals surface area contributed by atoms with E-state index >= 15 is 0 Å². The number of fused-ring (bicyclic) bond motifs is 4. The molecule has 7 rings (SSSR count). The van der Waals surface area contributed by atoms with Gasteiger partial charge in [0.15, 0.2) is 6.29 Å². The largest absolute Gasteiger partial charge is 0.497 e. The first-order valence-corrected chi connectivity index (χ1v) is 18.8. The molecule has 1 aromatic rings. The van der Waals surface area contributed by atoms with Crippen LogP contribution in [-0.4, -0.2) is 54.5 Å². The Morgan fingerprint density at radius 1 is 0.939 bits per heavy atom. The second-order valence-corrected chi connectivity index (χ2v) is 16.3. The Hall–Kier alpha value is -2.91. The molecular weight excluding hydrogens is 624 g/mol. The molecule has 6 aliphatic rings. The summed E-state index contributed by atoms with van der Waals surface area (Å²) in [4.78, 5) is 35.8. The second kappa shape index (κ2) is 13.7. The average molecular weight is 679 g/mol. The van der Waals surface area contributed by atoms with E-state index in [4.69, 9.17) is 28.8 Å². The summed E-state index contributed by atoms with van der Waals surface area (Å²) >= 11 is 0. The van der Waals surface area contributed by atoms with Gasteiger partial charge in [-0.3, -0.25) is 9.59 Å². The van der Waals surface area contributed by atoms with Crippen molar-refractivity contribution in [2.24, 2.45) is 34.5 Å². The van der Waals surface area contributed by atoms with Crippen molar-refractivity contribution >= 4 is 17.9 Å². The highest BCUT2D eigenvalue weighted by atomic mass is 16.7. The Balaban J connectivity index is 1.05. The highest BCUT2D eigenvalue weighted by molar-refractivity contribution is 5.85. The molecule has 2 heterocycles. The maximum atomic E-state index is 12.8. The monoisotopic (exact) mass is 678 g/mol. The number of carbonyl (C=O) groups excluding carboxylic acids is 2. The SMILES string of the molecule is COc1ccc(C2O[C@H]3C[C@]4(O2)[C@@H]2CC[C@@H]5C[C@@H](OC(=O)CCCCCCCC(=O)O)CC[C@]5(C)[C@H]2CC[C@]4(C)[C@H]3C2=CC(=O)OC2)cc1. The highest BCUT2D eigenvalue weighted by Gasteiger charge is 2.74. The summed E-state index contributed by atoms with van der Waals surface area (Å²) in [5, 5.41) is 8.80. The van der Waals surface area contributed by atoms with Gasteiger partial charge in [0.1, 0.15) is 18.5 Å². The van der Waals surface area contributed by atoms with Crippen molar-refractivity contribution in [2.45, 2.75) is 134 Å². The molecule has 2 bridgehead atoms. The third-order valence-corrected chi connectivity index (χ3v) is 13.9. The second-order valence-electron chi connectivity index (χ2n) is 16.3. The number of cyclic esters (lactones) is 1. The zero-order valence-electron chi connectivity index (χ0n) is 29.5. The van der Waals surface area contributed by atoms with Crippen LogP contribution in [0.4, 0.5) is 0 Å². The Kier molecular flexibility index (Phi) is 9.63. The van der Waals surface area contributed by atoms with Gasteiger partial charge in [0.2, 0.25) is 0 Å². The number of benzene rings is 1. The molecule has 1 saturated heterocycles. The number of carbonyl (C=O) groups is 3. The number of carboxylic acid groups (broad SMARTS) is 1. The molecule has 0 radical (unpaired) electrons. The van der Waals surface area contributed by atoms with Crippen LogP contribution >= 0.6 is 0 Å². The first-order chi connectivity index (χ1) is 23.6. The van der Waals surface area contributed by atoms with Gasteiger partial charge in [0.25, 0.3) is 0 Å². The van der Waals surface area contributed by atoms with Crippen LogP contribution in [0.3, 0.4) is 0 Å². The summed E-state index contributed by atoms with van der Waals surface area (Å²) in [7, 11) is 1.67. The minimum Gasteiger partial charge on any atom is -0.497 e. The predicted molar refractivity (Wildman–Crippen MR) is 180 cm³/mol. The van der Waals surface area contributed by atoms with Crippen molar-refractivity contribution < 1.29 is 43.2 Å². The van der Waals surface area contributed by atoms with Crippen molar-refractivity contribution in [3.8, 4) is 5.75 Å². The Morgan fingerprint density at radius 3 is 2.41 bits per heavy atom. The molecule has 4 aliphatic carbocycles. The van der Waals surface area contributed by atoms with Gasteiger partial charge < -0.3 is 28.8 Å². The summed E-state index contributed by atoms with van der Waals surface area (Å²) in [5.74, 6) is 1.15. The molecule has 49 heavy (non-hydrogen) atoms. The third kappa shape index (κ3) is 6.21. The van der Waals surface area contributed by atoms with Gasteiger partial charge in [0, 0.05) is 42.2 Å². The van der Waals surface area contributed by atoms with Crippen LogP contribution in [-0.2, 0) is 33.3 Å². The first-order valence-electron chi connectivity index (χ1n) is 18.8. The van der Waals surface area contributed by atoms with E-state index in [1.807, 2.05) is 24.3 Å². The molecule has 1 unspecified atom stereocenters. The molecule has 5 fully saturated rings. The van der Waals surface area contributed by atoms with Crippen LogP contribution in [0.1, 0.15) is 122 Å². The number of carboxylic acids is 1. The van der Waals surface area contributed by atoms with E-state index < -0.39 is 12.3 Å². The van der Waals surface area contributed by atoms with Gasteiger partial charge in [-0.2, -0.15) is 0 Å². The number of rotatable bonds is 12. The van der Waals surface area contributed by atoms with Gasteiger partial charge in [0.05, 0.1) is 18.8 Å². The van der Waals surface area contributed by atoms with E-state index in [1.54, 1.807) is 13.2 Å². The number of unbranched alkanes of at least 4 members (excludes halogenated alkanes) is 4. The van der Waals surface area contributed by atoms with Crippen LogP contribution in [0.25, 0.3) is 0 Å². The molecule has 0 amide bonds. The zero-order valence-corrected chi connectivity index (χ0v) is 29.5. The van der Waals surface area contributed by atoms with E-state index in [2.05, 4.69) is 13.8 Å². The topological polar surface area (TPSA) is 118 Å². The van der Waals surface area contributed by atoms with Crippen molar-refractivity contribution in [1.82, 2.24) is 0 Å². The molecule has 1 aromatic carbocycles. The highest BCUT2D eigenvalue weighted by Crippen LogP contribution is 2.73. The molecule has 9 nitrogen and oxygen atoms in total. The maximum absolute atomic E-state index is 12.8. The van der Waals surface area contributed by atoms with Crippen LogP contribution in [0.5, 0.6) is 5.75 Å². The number of ether oxygens (including phenoxy) is 5. The van der Waals surface area contributed by atoms with Crippen LogP contribution < -0.4 is 4.74 Å².